The Bertz CT molecular complexity index is 241. The van der Waals surface area contributed by atoms with Crippen LogP contribution >= 0.6 is 0 Å². The normalized spacial score (nSPS) is 37.3. The minimum absolute atomic E-state index is 0.393. The van der Waals surface area contributed by atoms with Crippen molar-refractivity contribution in [2.24, 2.45) is 23.7 Å². The first-order chi connectivity index (χ1) is 8.72. The van der Waals surface area contributed by atoms with E-state index in [0.717, 1.165) is 30.3 Å². The first kappa shape index (κ1) is 14.3. The second-order valence-corrected chi connectivity index (χ2v) is 6.84. The summed E-state index contributed by atoms with van der Waals surface area (Å²) < 4.78 is 0. The van der Waals surface area contributed by atoms with Crippen LogP contribution < -0.4 is 5.32 Å². The number of nitrogens with one attached hydrogen (secondary N) is 1. The Hall–Kier alpha value is -0.0800. The van der Waals surface area contributed by atoms with Crippen LogP contribution in [0.4, 0.5) is 0 Å². The molecule has 106 valence electrons. The summed E-state index contributed by atoms with van der Waals surface area (Å²) in [6, 6.07) is 0.735. The zero-order valence-corrected chi connectivity index (χ0v) is 12.2. The van der Waals surface area contributed by atoms with Gasteiger partial charge in [0.15, 0.2) is 0 Å². The minimum Gasteiger partial charge on any atom is -0.396 e. The molecule has 0 aromatic carbocycles. The van der Waals surface area contributed by atoms with E-state index in [2.05, 4.69) is 19.2 Å². The van der Waals surface area contributed by atoms with Crippen LogP contribution in [-0.2, 0) is 0 Å². The van der Waals surface area contributed by atoms with E-state index in [-0.39, 0.29) is 0 Å². The summed E-state index contributed by atoms with van der Waals surface area (Å²) in [7, 11) is 0. The number of hydrogen-bond donors (Lipinski definition) is 2. The highest BCUT2D eigenvalue weighted by Gasteiger charge is 2.30. The molecular formula is C16H31NO. The lowest BCUT2D eigenvalue weighted by molar-refractivity contribution is 0.168. The van der Waals surface area contributed by atoms with Gasteiger partial charge < -0.3 is 10.4 Å². The molecule has 2 saturated carbocycles. The van der Waals surface area contributed by atoms with Crippen molar-refractivity contribution in [1.82, 2.24) is 5.32 Å². The maximum absolute atomic E-state index is 9.39. The molecule has 0 aliphatic heterocycles. The highest BCUT2D eigenvalue weighted by Crippen LogP contribution is 2.33. The lowest BCUT2D eigenvalue weighted by Crippen LogP contribution is -2.43. The van der Waals surface area contributed by atoms with Gasteiger partial charge in [-0.15, -0.1) is 0 Å². The Morgan fingerprint density at radius 3 is 2.44 bits per heavy atom. The summed E-state index contributed by atoms with van der Waals surface area (Å²) >= 11 is 0. The van der Waals surface area contributed by atoms with E-state index >= 15 is 0 Å². The Morgan fingerprint density at radius 1 is 1.00 bits per heavy atom. The molecule has 2 nitrogen and oxygen atoms in total. The monoisotopic (exact) mass is 253 g/mol. The Kier molecular flexibility index (Phi) is 5.50. The van der Waals surface area contributed by atoms with E-state index in [1.807, 2.05) is 0 Å². The largest absolute Gasteiger partial charge is 0.396 e. The van der Waals surface area contributed by atoms with Gasteiger partial charge in [0, 0.05) is 12.6 Å². The third-order valence-corrected chi connectivity index (χ3v) is 5.37. The quantitative estimate of drug-likeness (QED) is 0.788. The molecule has 2 heteroatoms. The van der Waals surface area contributed by atoms with Crippen molar-refractivity contribution < 1.29 is 5.11 Å². The molecule has 4 unspecified atom stereocenters. The van der Waals surface area contributed by atoms with Crippen LogP contribution in [-0.4, -0.2) is 24.3 Å². The third-order valence-electron chi connectivity index (χ3n) is 5.37. The van der Waals surface area contributed by atoms with Crippen molar-refractivity contribution in [1.29, 1.82) is 0 Å². The van der Waals surface area contributed by atoms with Crippen LogP contribution in [0.2, 0.25) is 0 Å². The van der Waals surface area contributed by atoms with Gasteiger partial charge in [-0.1, -0.05) is 33.1 Å². The molecule has 2 aliphatic rings. The van der Waals surface area contributed by atoms with Gasteiger partial charge in [-0.2, -0.15) is 0 Å². The Morgan fingerprint density at radius 2 is 1.72 bits per heavy atom. The van der Waals surface area contributed by atoms with Crippen molar-refractivity contribution in [3.63, 3.8) is 0 Å². The number of aliphatic hydroxyl groups excluding tert-OH is 1. The SMILES string of the molecule is CC(C)C1CCCCC1NCC1CCCC1CO. The van der Waals surface area contributed by atoms with Gasteiger partial charge in [0.1, 0.15) is 0 Å². The molecule has 0 saturated heterocycles. The smallest absolute Gasteiger partial charge is 0.0462 e. The molecule has 0 heterocycles. The van der Waals surface area contributed by atoms with Crippen LogP contribution in [0.15, 0.2) is 0 Å². The highest BCUT2D eigenvalue weighted by atomic mass is 16.3. The van der Waals surface area contributed by atoms with Crippen molar-refractivity contribution in [3.8, 4) is 0 Å². The van der Waals surface area contributed by atoms with Gasteiger partial charge in [-0.3, -0.25) is 0 Å². The molecule has 0 aromatic rings. The van der Waals surface area contributed by atoms with E-state index in [0.29, 0.717) is 12.5 Å². The van der Waals surface area contributed by atoms with Crippen molar-refractivity contribution in [2.75, 3.05) is 13.2 Å². The average Bonchev–Trinajstić information content (AvgIpc) is 2.84. The van der Waals surface area contributed by atoms with Crippen LogP contribution in [0.25, 0.3) is 0 Å². The molecule has 2 fully saturated rings. The summed E-state index contributed by atoms with van der Waals surface area (Å²) in [6.07, 6.45) is 9.45. The number of rotatable bonds is 5. The topological polar surface area (TPSA) is 32.3 Å². The summed E-state index contributed by atoms with van der Waals surface area (Å²) in [6.45, 7) is 6.28. The van der Waals surface area contributed by atoms with E-state index in [1.54, 1.807) is 0 Å². The molecule has 2 N–H and O–H groups in total. The van der Waals surface area contributed by atoms with E-state index in [9.17, 15) is 5.11 Å². The average molecular weight is 253 g/mol. The van der Waals surface area contributed by atoms with Gasteiger partial charge in [-0.05, 0) is 55.9 Å². The molecule has 2 rings (SSSR count). The van der Waals surface area contributed by atoms with Gasteiger partial charge in [-0.25, -0.2) is 0 Å². The predicted octanol–water partition coefficient (Wildman–Crippen LogP) is 3.20. The molecule has 0 amide bonds. The lowest BCUT2D eigenvalue weighted by atomic mass is 9.77. The molecule has 0 radical (unpaired) electrons. The zero-order valence-electron chi connectivity index (χ0n) is 12.2. The molecule has 0 aromatic heterocycles. The van der Waals surface area contributed by atoms with E-state index in [4.69, 9.17) is 0 Å². The maximum atomic E-state index is 9.39. The molecule has 18 heavy (non-hydrogen) atoms. The Balaban J connectivity index is 1.80. The van der Waals surface area contributed by atoms with Crippen molar-refractivity contribution in [2.45, 2.75) is 64.8 Å². The zero-order chi connectivity index (χ0) is 13.0. The fraction of sp³-hybridized carbons (Fsp3) is 1.00. The standard InChI is InChI=1S/C16H31NO/c1-12(2)15-8-3-4-9-16(15)17-10-13-6-5-7-14(13)11-18/h12-18H,3-11H2,1-2H3. The van der Waals surface area contributed by atoms with Crippen molar-refractivity contribution in [3.05, 3.63) is 0 Å². The fourth-order valence-electron chi connectivity index (χ4n) is 4.14. The lowest BCUT2D eigenvalue weighted by Gasteiger charge is -2.36. The molecule has 0 spiro atoms. The third kappa shape index (κ3) is 3.48. The molecule has 0 bridgehead atoms. The minimum atomic E-state index is 0.393. The van der Waals surface area contributed by atoms with E-state index < -0.39 is 0 Å². The van der Waals surface area contributed by atoms with Crippen LogP contribution in [0.5, 0.6) is 0 Å². The molecule has 4 atom stereocenters. The van der Waals surface area contributed by atoms with Crippen LogP contribution in [0, 0.1) is 23.7 Å². The molecule has 2 aliphatic carbocycles. The molecular weight excluding hydrogens is 222 g/mol. The van der Waals surface area contributed by atoms with Gasteiger partial charge in [0.25, 0.3) is 0 Å². The van der Waals surface area contributed by atoms with Gasteiger partial charge in [0.05, 0.1) is 0 Å². The first-order valence-electron chi connectivity index (χ1n) is 8.06. The van der Waals surface area contributed by atoms with Crippen molar-refractivity contribution >= 4 is 0 Å². The fourth-order valence-corrected chi connectivity index (χ4v) is 4.14. The summed E-state index contributed by atoms with van der Waals surface area (Å²) in [5.74, 6) is 2.97. The van der Waals surface area contributed by atoms with Crippen LogP contribution in [0.3, 0.4) is 0 Å². The second-order valence-electron chi connectivity index (χ2n) is 6.84. The Labute approximate surface area is 113 Å². The summed E-state index contributed by atoms with van der Waals surface area (Å²) in [5.41, 5.74) is 0. The van der Waals surface area contributed by atoms with Gasteiger partial charge >= 0.3 is 0 Å². The number of hydrogen-bond acceptors (Lipinski definition) is 2. The highest BCUT2D eigenvalue weighted by molar-refractivity contribution is 4.85. The summed E-state index contributed by atoms with van der Waals surface area (Å²) in [5, 5.41) is 13.2. The first-order valence-corrected chi connectivity index (χ1v) is 8.06. The summed E-state index contributed by atoms with van der Waals surface area (Å²) in [4.78, 5) is 0. The van der Waals surface area contributed by atoms with E-state index in [1.165, 1.54) is 44.9 Å². The predicted molar refractivity (Wildman–Crippen MR) is 76.5 cm³/mol. The number of aliphatic hydroxyl groups is 1. The van der Waals surface area contributed by atoms with Gasteiger partial charge in [0.2, 0.25) is 0 Å². The maximum Gasteiger partial charge on any atom is 0.0462 e. The van der Waals surface area contributed by atoms with Crippen LogP contribution in [0.1, 0.15) is 58.8 Å². The second kappa shape index (κ2) is 6.91.